The van der Waals surface area contributed by atoms with E-state index < -0.39 is 0 Å². The summed E-state index contributed by atoms with van der Waals surface area (Å²) in [5, 5.41) is 11.2. The van der Waals surface area contributed by atoms with E-state index in [9.17, 15) is 0 Å². The van der Waals surface area contributed by atoms with Gasteiger partial charge in [-0.3, -0.25) is 0 Å². The van der Waals surface area contributed by atoms with Crippen LogP contribution in [0, 0.1) is 0 Å². The Morgan fingerprint density at radius 3 is 2.44 bits per heavy atom. The molecule has 1 aromatic carbocycles. The lowest BCUT2D eigenvalue weighted by Gasteiger charge is -2.12. The highest BCUT2D eigenvalue weighted by molar-refractivity contribution is 5.23. The molecule has 96 valence electrons. The largest absolute Gasteiger partial charge is 0.420 e. The van der Waals surface area contributed by atoms with Crippen LogP contribution in [0.4, 0.5) is 0 Å². The maximum Gasteiger partial charge on any atom is 0.244 e. The third-order valence-corrected chi connectivity index (χ3v) is 2.83. The summed E-state index contributed by atoms with van der Waals surface area (Å²) in [6.07, 6.45) is -0.195. The molecule has 0 aliphatic rings. The fourth-order valence-electron chi connectivity index (χ4n) is 1.71. The van der Waals surface area contributed by atoms with Gasteiger partial charge in [-0.15, -0.1) is 10.2 Å². The third-order valence-electron chi connectivity index (χ3n) is 2.83. The maximum absolute atomic E-state index is 5.63. The average molecular weight is 247 g/mol. The van der Waals surface area contributed by atoms with Gasteiger partial charge in [-0.1, -0.05) is 30.3 Å². The third kappa shape index (κ3) is 2.57. The van der Waals surface area contributed by atoms with Gasteiger partial charge < -0.3 is 14.5 Å². The van der Waals surface area contributed by atoms with E-state index in [2.05, 4.69) is 15.5 Å². The van der Waals surface area contributed by atoms with Gasteiger partial charge in [-0.2, -0.15) is 0 Å². The van der Waals surface area contributed by atoms with Crippen molar-refractivity contribution < 1.29 is 9.15 Å². The standard InChI is InChI=1S/C13H17N3O2/c1-9(17-3)12-15-16-13(18-12)11(14-2)10-7-5-4-6-8-10/h4-9,11,14H,1-3H3. The van der Waals surface area contributed by atoms with Crippen LogP contribution in [0.15, 0.2) is 34.7 Å². The number of ether oxygens (including phenoxy) is 1. The molecule has 1 heterocycles. The molecule has 0 aliphatic heterocycles. The van der Waals surface area contributed by atoms with E-state index >= 15 is 0 Å². The first-order chi connectivity index (χ1) is 8.76. The van der Waals surface area contributed by atoms with Crippen LogP contribution in [0.25, 0.3) is 0 Å². The summed E-state index contributed by atoms with van der Waals surface area (Å²) in [4.78, 5) is 0. The molecule has 0 radical (unpaired) electrons. The molecule has 0 spiro atoms. The van der Waals surface area contributed by atoms with Crippen molar-refractivity contribution in [1.29, 1.82) is 0 Å². The number of benzene rings is 1. The van der Waals surface area contributed by atoms with Crippen molar-refractivity contribution in [1.82, 2.24) is 15.5 Å². The molecule has 1 N–H and O–H groups in total. The van der Waals surface area contributed by atoms with E-state index in [-0.39, 0.29) is 12.1 Å². The van der Waals surface area contributed by atoms with Crippen LogP contribution in [-0.4, -0.2) is 24.4 Å². The zero-order valence-electron chi connectivity index (χ0n) is 10.8. The van der Waals surface area contributed by atoms with E-state index in [0.717, 1.165) is 5.56 Å². The molecule has 5 heteroatoms. The van der Waals surface area contributed by atoms with Crippen LogP contribution < -0.4 is 5.32 Å². The fraction of sp³-hybridized carbons (Fsp3) is 0.385. The summed E-state index contributed by atoms with van der Waals surface area (Å²) in [7, 11) is 3.47. The molecule has 0 saturated carbocycles. The second kappa shape index (κ2) is 5.75. The number of rotatable bonds is 5. The number of nitrogens with one attached hydrogen (secondary N) is 1. The summed E-state index contributed by atoms with van der Waals surface area (Å²) in [6, 6.07) is 9.87. The molecule has 0 amide bonds. The number of hydrogen-bond donors (Lipinski definition) is 1. The molecule has 2 unspecified atom stereocenters. The SMILES string of the molecule is CNC(c1ccccc1)c1nnc(C(C)OC)o1. The lowest BCUT2D eigenvalue weighted by molar-refractivity contribution is 0.0931. The molecule has 2 aromatic rings. The van der Waals surface area contributed by atoms with Gasteiger partial charge in [0.05, 0.1) is 0 Å². The Hall–Kier alpha value is -1.72. The molecule has 2 rings (SSSR count). The van der Waals surface area contributed by atoms with Gasteiger partial charge in [-0.25, -0.2) is 0 Å². The summed E-state index contributed by atoms with van der Waals surface area (Å²) < 4.78 is 10.8. The average Bonchev–Trinajstić information content (AvgIpc) is 2.89. The molecular weight excluding hydrogens is 230 g/mol. The van der Waals surface area contributed by atoms with Crippen LogP contribution in [0.1, 0.15) is 36.4 Å². The molecule has 0 saturated heterocycles. The van der Waals surface area contributed by atoms with Crippen molar-refractivity contribution in [3.05, 3.63) is 47.7 Å². The van der Waals surface area contributed by atoms with Gasteiger partial charge in [0.25, 0.3) is 0 Å². The van der Waals surface area contributed by atoms with E-state index in [0.29, 0.717) is 11.8 Å². The summed E-state index contributed by atoms with van der Waals surface area (Å²) >= 11 is 0. The minimum absolute atomic E-state index is 0.100. The first-order valence-corrected chi connectivity index (χ1v) is 5.84. The predicted octanol–water partition coefficient (Wildman–Crippen LogP) is 2.09. The Kier molecular flexibility index (Phi) is 4.07. The number of aromatic nitrogens is 2. The zero-order valence-corrected chi connectivity index (χ0v) is 10.8. The minimum Gasteiger partial charge on any atom is -0.420 e. The normalized spacial score (nSPS) is 14.4. The molecule has 5 nitrogen and oxygen atoms in total. The fourth-order valence-corrected chi connectivity index (χ4v) is 1.71. The van der Waals surface area contributed by atoms with Crippen LogP contribution in [-0.2, 0) is 4.74 Å². The Bertz CT molecular complexity index is 484. The van der Waals surface area contributed by atoms with Crippen molar-refractivity contribution in [3.8, 4) is 0 Å². The first kappa shape index (κ1) is 12.7. The van der Waals surface area contributed by atoms with Crippen LogP contribution in [0.5, 0.6) is 0 Å². The zero-order chi connectivity index (χ0) is 13.0. The van der Waals surface area contributed by atoms with Gasteiger partial charge in [0.1, 0.15) is 12.1 Å². The number of hydrogen-bond acceptors (Lipinski definition) is 5. The molecular formula is C13H17N3O2. The van der Waals surface area contributed by atoms with Crippen molar-refractivity contribution in [2.45, 2.75) is 19.1 Å². The Labute approximate surface area is 106 Å². The predicted molar refractivity (Wildman–Crippen MR) is 67.1 cm³/mol. The van der Waals surface area contributed by atoms with Crippen molar-refractivity contribution in [3.63, 3.8) is 0 Å². The van der Waals surface area contributed by atoms with Gasteiger partial charge in [-0.05, 0) is 19.5 Å². The topological polar surface area (TPSA) is 60.2 Å². The monoisotopic (exact) mass is 247 g/mol. The molecule has 2 atom stereocenters. The molecule has 1 aromatic heterocycles. The lowest BCUT2D eigenvalue weighted by Crippen LogP contribution is -2.17. The van der Waals surface area contributed by atoms with Crippen molar-refractivity contribution in [2.24, 2.45) is 0 Å². The highest BCUT2D eigenvalue weighted by Gasteiger charge is 2.20. The summed E-state index contributed by atoms with van der Waals surface area (Å²) in [6.45, 7) is 1.87. The highest BCUT2D eigenvalue weighted by Crippen LogP contribution is 2.22. The van der Waals surface area contributed by atoms with Gasteiger partial charge >= 0.3 is 0 Å². The summed E-state index contributed by atoms with van der Waals surface area (Å²) in [5.74, 6) is 1.03. The lowest BCUT2D eigenvalue weighted by atomic mass is 10.1. The smallest absolute Gasteiger partial charge is 0.244 e. The van der Waals surface area contributed by atoms with Gasteiger partial charge in [0, 0.05) is 7.11 Å². The first-order valence-electron chi connectivity index (χ1n) is 5.84. The van der Waals surface area contributed by atoms with Gasteiger partial charge in [0.2, 0.25) is 11.8 Å². The Balaban J connectivity index is 2.26. The molecule has 0 aliphatic carbocycles. The minimum atomic E-state index is -0.195. The van der Waals surface area contributed by atoms with Crippen LogP contribution in [0.3, 0.4) is 0 Å². The number of nitrogens with zero attached hydrogens (tertiary/aromatic N) is 2. The Morgan fingerprint density at radius 2 is 1.83 bits per heavy atom. The molecule has 0 fully saturated rings. The van der Waals surface area contributed by atoms with Crippen LogP contribution in [0.2, 0.25) is 0 Å². The molecule has 18 heavy (non-hydrogen) atoms. The number of methoxy groups -OCH3 is 1. The van der Waals surface area contributed by atoms with Crippen molar-refractivity contribution in [2.75, 3.05) is 14.2 Å². The van der Waals surface area contributed by atoms with Crippen molar-refractivity contribution >= 4 is 0 Å². The second-order valence-electron chi connectivity index (χ2n) is 3.99. The van der Waals surface area contributed by atoms with E-state index in [1.807, 2.05) is 44.3 Å². The molecule has 0 bridgehead atoms. The second-order valence-corrected chi connectivity index (χ2v) is 3.99. The highest BCUT2D eigenvalue weighted by atomic mass is 16.5. The quantitative estimate of drug-likeness (QED) is 0.876. The van der Waals surface area contributed by atoms with E-state index in [4.69, 9.17) is 9.15 Å². The Morgan fingerprint density at radius 1 is 1.17 bits per heavy atom. The van der Waals surface area contributed by atoms with E-state index in [1.165, 1.54) is 0 Å². The van der Waals surface area contributed by atoms with Crippen LogP contribution >= 0.6 is 0 Å². The van der Waals surface area contributed by atoms with E-state index in [1.54, 1.807) is 7.11 Å². The summed E-state index contributed by atoms with van der Waals surface area (Å²) in [5.41, 5.74) is 1.08. The maximum atomic E-state index is 5.63. The van der Waals surface area contributed by atoms with Gasteiger partial charge in [0.15, 0.2) is 0 Å².